The van der Waals surface area contributed by atoms with Gasteiger partial charge >= 0.3 is 0 Å². The minimum Gasteiger partial charge on any atom is -0.496 e. The van der Waals surface area contributed by atoms with Gasteiger partial charge in [-0.15, -0.1) is 0 Å². The number of benzene rings is 3. The number of ketones is 1. The summed E-state index contributed by atoms with van der Waals surface area (Å²) < 4.78 is 22.5. The summed E-state index contributed by atoms with van der Waals surface area (Å²) in [6, 6.07) is 20.6. The SMILES string of the molecule is CCOc1ccc(C=CC(=O)c2ccc(OCC)cc2OCc2ccccc2)c(OC)c1. The van der Waals surface area contributed by atoms with Crippen LogP contribution in [0, 0.1) is 0 Å². The smallest absolute Gasteiger partial charge is 0.189 e. The number of carbonyl (C=O) groups is 1. The summed E-state index contributed by atoms with van der Waals surface area (Å²) in [5.74, 6) is 2.31. The van der Waals surface area contributed by atoms with Gasteiger partial charge in [0.15, 0.2) is 5.78 Å². The number of hydrogen-bond donors (Lipinski definition) is 0. The fourth-order valence-corrected chi connectivity index (χ4v) is 3.16. The van der Waals surface area contributed by atoms with Crippen molar-refractivity contribution in [3.8, 4) is 23.0 Å². The van der Waals surface area contributed by atoms with Gasteiger partial charge < -0.3 is 18.9 Å². The Morgan fingerprint density at radius 2 is 1.47 bits per heavy atom. The second-order valence-electron chi connectivity index (χ2n) is 6.90. The number of allylic oxidation sites excluding steroid dienone is 1. The van der Waals surface area contributed by atoms with Gasteiger partial charge in [-0.25, -0.2) is 0 Å². The predicted octanol–water partition coefficient (Wildman–Crippen LogP) is 5.97. The summed E-state index contributed by atoms with van der Waals surface area (Å²) in [6.45, 7) is 5.29. The number of carbonyl (C=O) groups excluding carboxylic acids is 1. The van der Waals surface area contributed by atoms with Crippen LogP contribution in [-0.2, 0) is 6.61 Å². The molecule has 0 saturated heterocycles. The minimum absolute atomic E-state index is 0.174. The van der Waals surface area contributed by atoms with Crippen LogP contribution < -0.4 is 18.9 Å². The van der Waals surface area contributed by atoms with Crippen LogP contribution in [0.25, 0.3) is 6.08 Å². The van der Waals surface area contributed by atoms with Gasteiger partial charge in [0.2, 0.25) is 0 Å². The van der Waals surface area contributed by atoms with Crippen molar-refractivity contribution in [3.63, 3.8) is 0 Å². The Morgan fingerprint density at radius 1 is 0.812 bits per heavy atom. The highest BCUT2D eigenvalue weighted by atomic mass is 16.5. The molecule has 0 aliphatic heterocycles. The summed E-state index contributed by atoms with van der Waals surface area (Å²) in [4.78, 5) is 13.0. The lowest BCUT2D eigenvalue weighted by Gasteiger charge is -2.12. The van der Waals surface area contributed by atoms with Crippen LogP contribution >= 0.6 is 0 Å². The normalized spacial score (nSPS) is 10.7. The van der Waals surface area contributed by atoms with Gasteiger partial charge in [0.25, 0.3) is 0 Å². The molecule has 0 aromatic heterocycles. The van der Waals surface area contributed by atoms with E-state index in [4.69, 9.17) is 18.9 Å². The second kappa shape index (κ2) is 11.6. The molecule has 0 fully saturated rings. The van der Waals surface area contributed by atoms with Gasteiger partial charge in [-0.1, -0.05) is 30.3 Å². The monoisotopic (exact) mass is 432 g/mol. The van der Waals surface area contributed by atoms with Crippen molar-refractivity contribution in [2.45, 2.75) is 20.5 Å². The number of ether oxygens (including phenoxy) is 4. The summed E-state index contributed by atoms with van der Waals surface area (Å²) in [7, 11) is 1.59. The Labute approximate surface area is 189 Å². The lowest BCUT2D eigenvalue weighted by Crippen LogP contribution is -2.03. The van der Waals surface area contributed by atoms with E-state index in [0.29, 0.717) is 42.6 Å². The maximum absolute atomic E-state index is 13.0. The molecular weight excluding hydrogens is 404 g/mol. The zero-order chi connectivity index (χ0) is 22.8. The Balaban J connectivity index is 1.83. The Morgan fingerprint density at radius 3 is 2.12 bits per heavy atom. The van der Waals surface area contributed by atoms with Crippen LogP contribution in [0.1, 0.15) is 35.3 Å². The third-order valence-corrected chi connectivity index (χ3v) is 4.70. The summed E-state index contributed by atoms with van der Waals surface area (Å²) in [6.07, 6.45) is 3.25. The Kier molecular flexibility index (Phi) is 8.32. The molecule has 0 aliphatic rings. The number of hydrogen-bond acceptors (Lipinski definition) is 5. The minimum atomic E-state index is -0.174. The Bertz CT molecular complexity index is 1060. The van der Waals surface area contributed by atoms with Gasteiger partial charge in [0, 0.05) is 17.7 Å². The molecule has 0 spiro atoms. The maximum Gasteiger partial charge on any atom is 0.189 e. The molecule has 0 radical (unpaired) electrons. The van der Waals surface area contributed by atoms with E-state index in [1.165, 1.54) is 6.08 Å². The fourth-order valence-electron chi connectivity index (χ4n) is 3.16. The van der Waals surface area contributed by atoms with Crippen molar-refractivity contribution in [1.82, 2.24) is 0 Å². The van der Waals surface area contributed by atoms with E-state index in [1.54, 1.807) is 37.5 Å². The lowest BCUT2D eigenvalue weighted by molar-refractivity contribution is 0.104. The molecule has 0 amide bonds. The number of rotatable bonds is 11. The highest BCUT2D eigenvalue weighted by Gasteiger charge is 2.13. The topological polar surface area (TPSA) is 54.0 Å². The van der Waals surface area contributed by atoms with Crippen molar-refractivity contribution >= 4 is 11.9 Å². The van der Waals surface area contributed by atoms with Crippen LogP contribution in [0.2, 0.25) is 0 Å². The van der Waals surface area contributed by atoms with Crippen molar-refractivity contribution in [2.75, 3.05) is 20.3 Å². The molecule has 32 heavy (non-hydrogen) atoms. The average Bonchev–Trinajstić information content (AvgIpc) is 2.82. The molecule has 0 saturated carbocycles. The van der Waals surface area contributed by atoms with Crippen LogP contribution in [0.5, 0.6) is 23.0 Å². The van der Waals surface area contributed by atoms with Crippen LogP contribution in [0.15, 0.2) is 72.8 Å². The summed E-state index contributed by atoms with van der Waals surface area (Å²) in [5.41, 5.74) is 2.26. The molecule has 0 aliphatic carbocycles. The van der Waals surface area contributed by atoms with Crippen molar-refractivity contribution in [3.05, 3.63) is 89.5 Å². The first-order chi connectivity index (χ1) is 15.6. The first-order valence-corrected chi connectivity index (χ1v) is 10.6. The molecule has 0 heterocycles. The van der Waals surface area contributed by atoms with Crippen molar-refractivity contribution < 1.29 is 23.7 Å². The zero-order valence-electron chi connectivity index (χ0n) is 18.7. The lowest BCUT2D eigenvalue weighted by atomic mass is 10.1. The molecule has 0 unspecified atom stereocenters. The van der Waals surface area contributed by atoms with E-state index in [9.17, 15) is 4.79 Å². The zero-order valence-corrected chi connectivity index (χ0v) is 18.7. The van der Waals surface area contributed by atoms with E-state index in [0.717, 1.165) is 16.9 Å². The van der Waals surface area contributed by atoms with Crippen LogP contribution in [0.4, 0.5) is 0 Å². The first kappa shape index (κ1) is 22.9. The largest absolute Gasteiger partial charge is 0.496 e. The van der Waals surface area contributed by atoms with Gasteiger partial charge in [0.05, 0.1) is 25.9 Å². The van der Waals surface area contributed by atoms with E-state index in [1.807, 2.05) is 56.3 Å². The molecule has 0 N–H and O–H groups in total. The third kappa shape index (κ3) is 6.14. The molecule has 3 aromatic rings. The van der Waals surface area contributed by atoms with Crippen LogP contribution in [0.3, 0.4) is 0 Å². The molecule has 166 valence electrons. The predicted molar refractivity (Wildman–Crippen MR) is 126 cm³/mol. The van der Waals surface area contributed by atoms with E-state index < -0.39 is 0 Å². The van der Waals surface area contributed by atoms with Crippen molar-refractivity contribution in [1.29, 1.82) is 0 Å². The van der Waals surface area contributed by atoms with E-state index in [-0.39, 0.29) is 5.78 Å². The highest BCUT2D eigenvalue weighted by Crippen LogP contribution is 2.29. The first-order valence-electron chi connectivity index (χ1n) is 10.6. The van der Waals surface area contributed by atoms with Crippen LogP contribution in [-0.4, -0.2) is 26.1 Å². The second-order valence-corrected chi connectivity index (χ2v) is 6.90. The van der Waals surface area contributed by atoms with E-state index in [2.05, 4.69) is 0 Å². The van der Waals surface area contributed by atoms with Gasteiger partial charge in [-0.2, -0.15) is 0 Å². The summed E-state index contributed by atoms with van der Waals surface area (Å²) in [5, 5.41) is 0. The Hall–Kier alpha value is -3.73. The number of methoxy groups -OCH3 is 1. The molecule has 5 heteroatoms. The third-order valence-electron chi connectivity index (χ3n) is 4.70. The fraction of sp³-hybridized carbons (Fsp3) is 0.222. The van der Waals surface area contributed by atoms with Gasteiger partial charge in [0.1, 0.15) is 29.6 Å². The maximum atomic E-state index is 13.0. The van der Waals surface area contributed by atoms with Gasteiger partial charge in [-0.05, 0) is 55.8 Å². The standard InChI is InChI=1S/C27H28O5/c1-4-30-22-13-11-21(26(17-22)29-3)12-16-25(28)24-15-14-23(31-5-2)18-27(24)32-19-20-9-7-6-8-10-20/h6-18H,4-5,19H2,1-3H3. The summed E-state index contributed by atoms with van der Waals surface area (Å²) >= 11 is 0. The highest BCUT2D eigenvalue weighted by molar-refractivity contribution is 6.08. The molecule has 0 bridgehead atoms. The molecular formula is C27H28O5. The molecule has 3 aromatic carbocycles. The van der Waals surface area contributed by atoms with Gasteiger partial charge in [-0.3, -0.25) is 4.79 Å². The molecule has 3 rings (SSSR count). The quantitative estimate of drug-likeness (QED) is 0.276. The molecule has 0 atom stereocenters. The van der Waals surface area contributed by atoms with E-state index >= 15 is 0 Å². The molecule has 5 nitrogen and oxygen atoms in total. The van der Waals surface area contributed by atoms with Crippen molar-refractivity contribution in [2.24, 2.45) is 0 Å². The average molecular weight is 433 g/mol.